The highest BCUT2D eigenvalue weighted by molar-refractivity contribution is 5.70. The lowest BCUT2D eigenvalue weighted by Gasteiger charge is -2.05. The molecule has 0 bridgehead atoms. The Kier molecular flexibility index (Phi) is 8.82. The number of hydrogen-bond donors (Lipinski definition) is 0. The summed E-state index contributed by atoms with van der Waals surface area (Å²) in [7, 11) is 0. The standard InChI is InChI=1S/C11H20O4/c1-3-5-6-8-11(13)15-9-14-10(12)7-4-2/h3-9H2,1-2H3. The molecular formula is C11H20O4. The van der Waals surface area contributed by atoms with E-state index in [2.05, 4.69) is 11.7 Å². The molecule has 0 aromatic carbocycles. The third kappa shape index (κ3) is 9.25. The molecule has 0 radical (unpaired) electrons. The van der Waals surface area contributed by atoms with Crippen LogP contribution < -0.4 is 0 Å². The van der Waals surface area contributed by atoms with Gasteiger partial charge in [0, 0.05) is 12.8 Å². The Morgan fingerprint density at radius 3 is 2.00 bits per heavy atom. The van der Waals surface area contributed by atoms with Crippen molar-refractivity contribution in [2.75, 3.05) is 6.79 Å². The number of ether oxygens (including phenoxy) is 2. The van der Waals surface area contributed by atoms with E-state index in [1.165, 1.54) is 0 Å². The summed E-state index contributed by atoms with van der Waals surface area (Å²) in [6.07, 6.45) is 4.43. The molecule has 0 N–H and O–H groups in total. The normalized spacial score (nSPS) is 9.73. The van der Waals surface area contributed by atoms with Gasteiger partial charge >= 0.3 is 11.9 Å². The average molecular weight is 216 g/mol. The van der Waals surface area contributed by atoms with Crippen LogP contribution in [0.3, 0.4) is 0 Å². The van der Waals surface area contributed by atoms with Crippen LogP contribution >= 0.6 is 0 Å². The predicted octanol–water partition coefficient (Wildman–Crippen LogP) is 2.41. The Bertz CT molecular complexity index is 189. The van der Waals surface area contributed by atoms with E-state index in [-0.39, 0.29) is 18.7 Å². The summed E-state index contributed by atoms with van der Waals surface area (Å²) in [6, 6.07) is 0. The maximum Gasteiger partial charge on any atom is 0.308 e. The van der Waals surface area contributed by atoms with Gasteiger partial charge in [-0.15, -0.1) is 0 Å². The minimum atomic E-state index is -0.321. The average Bonchev–Trinajstić information content (AvgIpc) is 2.18. The highest BCUT2D eigenvalue weighted by Gasteiger charge is 2.04. The van der Waals surface area contributed by atoms with Gasteiger partial charge in [-0.2, -0.15) is 0 Å². The summed E-state index contributed by atoms with van der Waals surface area (Å²) in [6.45, 7) is 3.71. The monoisotopic (exact) mass is 216 g/mol. The maximum atomic E-state index is 11.0. The van der Waals surface area contributed by atoms with Gasteiger partial charge in [-0.25, -0.2) is 0 Å². The van der Waals surface area contributed by atoms with Crippen LogP contribution in [0.1, 0.15) is 52.4 Å². The number of rotatable bonds is 8. The molecule has 0 atom stereocenters. The second kappa shape index (κ2) is 9.49. The Morgan fingerprint density at radius 1 is 0.867 bits per heavy atom. The second-order valence-electron chi connectivity index (χ2n) is 3.36. The van der Waals surface area contributed by atoms with Crippen molar-refractivity contribution in [2.24, 2.45) is 0 Å². The lowest BCUT2D eigenvalue weighted by Crippen LogP contribution is -2.12. The molecule has 88 valence electrons. The Balaban J connectivity index is 3.34. The topological polar surface area (TPSA) is 52.6 Å². The van der Waals surface area contributed by atoms with E-state index in [1.807, 2.05) is 6.92 Å². The lowest BCUT2D eigenvalue weighted by molar-refractivity contribution is -0.167. The van der Waals surface area contributed by atoms with Crippen LogP contribution in [0.25, 0.3) is 0 Å². The molecule has 4 heteroatoms. The van der Waals surface area contributed by atoms with E-state index in [4.69, 9.17) is 4.74 Å². The molecule has 0 heterocycles. The molecule has 0 aromatic heterocycles. The van der Waals surface area contributed by atoms with Crippen molar-refractivity contribution >= 4 is 11.9 Å². The summed E-state index contributed by atoms with van der Waals surface area (Å²) in [4.78, 5) is 21.9. The van der Waals surface area contributed by atoms with E-state index in [9.17, 15) is 9.59 Å². The first kappa shape index (κ1) is 13.9. The fraction of sp³-hybridized carbons (Fsp3) is 0.818. The summed E-state index contributed by atoms with van der Waals surface area (Å²) >= 11 is 0. The Hall–Kier alpha value is -1.06. The number of carbonyl (C=O) groups is 2. The van der Waals surface area contributed by atoms with Gasteiger partial charge in [-0.3, -0.25) is 9.59 Å². The first-order valence-corrected chi connectivity index (χ1v) is 5.52. The van der Waals surface area contributed by atoms with Crippen molar-refractivity contribution in [1.82, 2.24) is 0 Å². The first-order valence-electron chi connectivity index (χ1n) is 5.52. The Morgan fingerprint density at radius 2 is 1.47 bits per heavy atom. The molecule has 0 aliphatic rings. The minimum Gasteiger partial charge on any atom is -0.428 e. The third-order valence-corrected chi connectivity index (χ3v) is 1.88. The van der Waals surface area contributed by atoms with E-state index in [1.54, 1.807) is 0 Å². The van der Waals surface area contributed by atoms with Crippen molar-refractivity contribution in [3.63, 3.8) is 0 Å². The predicted molar refractivity (Wildman–Crippen MR) is 56.1 cm³/mol. The van der Waals surface area contributed by atoms with Gasteiger partial charge < -0.3 is 9.47 Å². The van der Waals surface area contributed by atoms with Gasteiger partial charge in [-0.1, -0.05) is 26.7 Å². The highest BCUT2D eigenvalue weighted by atomic mass is 16.7. The second-order valence-corrected chi connectivity index (χ2v) is 3.36. The first-order chi connectivity index (χ1) is 7.20. The smallest absolute Gasteiger partial charge is 0.308 e. The van der Waals surface area contributed by atoms with Crippen LogP contribution in [-0.4, -0.2) is 18.7 Å². The SMILES string of the molecule is CCCCCC(=O)OCOC(=O)CCC. The van der Waals surface area contributed by atoms with Gasteiger partial charge in [0.25, 0.3) is 0 Å². The molecule has 0 saturated carbocycles. The Labute approximate surface area is 90.9 Å². The molecule has 0 saturated heterocycles. The zero-order valence-corrected chi connectivity index (χ0v) is 9.58. The highest BCUT2D eigenvalue weighted by Crippen LogP contribution is 2.00. The van der Waals surface area contributed by atoms with E-state index in [0.717, 1.165) is 25.7 Å². The molecule has 0 rings (SSSR count). The van der Waals surface area contributed by atoms with Crippen molar-refractivity contribution in [3.05, 3.63) is 0 Å². The van der Waals surface area contributed by atoms with Crippen LogP contribution in [-0.2, 0) is 19.1 Å². The van der Waals surface area contributed by atoms with Crippen LogP contribution in [0.5, 0.6) is 0 Å². The molecule has 0 spiro atoms. The number of esters is 2. The quantitative estimate of drug-likeness (QED) is 0.355. The van der Waals surface area contributed by atoms with E-state index in [0.29, 0.717) is 12.8 Å². The molecule has 4 nitrogen and oxygen atoms in total. The molecule has 0 fully saturated rings. The van der Waals surface area contributed by atoms with Crippen molar-refractivity contribution in [1.29, 1.82) is 0 Å². The number of carbonyl (C=O) groups excluding carboxylic acids is 2. The van der Waals surface area contributed by atoms with Crippen molar-refractivity contribution in [3.8, 4) is 0 Å². The molecule has 0 aromatic rings. The lowest BCUT2D eigenvalue weighted by atomic mass is 10.2. The van der Waals surface area contributed by atoms with Crippen LogP contribution in [0.15, 0.2) is 0 Å². The summed E-state index contributed by atoms with van der Waals surface area (Å²) in [5.41, 5.74) is 0. The fourth-order valence-electron chi connectivity index (χ4n) is 1.03. The molecule has 15 heavy (non-hydrogen) atoms. The van der Waals surface area contributed by atoms with Gasteiger partial charge in [0.05, 0.1) is 0 Å². The van der Waals surface area contributed by atoms with Crippen LogP contribution in [0.4, 0.5) is 0 Å². The van der Waals surface area contributed by atoms with Crippen LogP contribution in [0.2, 0.25) is 0 Å². The molecule has 0 amide bonds. The van der Waals surface area contributed by atoms with Crippen molar-refractivity contribution < 1.29 is 19.1 Å². The minimum absolute atomic E-state index is 0.246. The van der Waals surface area contributed by atoms with E-state index < -0.39 is 0 Å². The largest absolute Gasteiger partial charge is 0.428 e. The summed E-state index contributed by atoms with van der Waals surface area (Å²) in [5, 5.41) is 0. The third-order valence-electron chi connectivity index (χ3n) is 1.88. The van der Waals surface area contributed by atoms with Crippen molar-refractivity contribution in [2.45, 2.75) is 52.4 Å². The summed E-state index contributed by atoms with van der Waals surface area (Å²) in [5.74, 6) is -0.619. The van der Waals surface area contributed by atoms with Gasteiger partial charge in [0.1, 0.15) is 0 Å². The molecule has 0 aliphatic carbocycles. The number of unbranched alkanes of at least 4 members (excludes halogenated alkanes) is 2. The van der Waals surface area contributed by atoms with E-state index >= 15 is 0 Å². The maximum absolute atomic E-state index is 11.0. The number of hydrogen-bond acceptors (Lipinski definition) is 4. The zero-order chi connectivity index (χ0) is 11.5. The molecular weight excluding hydrogens is 196 g/mol. The molecule has 0 unspecified atom stereocenters. The van der Waals surface area contributed by atoms with Gasteiger partial charge in [-0.05, 0) is 12.8 Å². The zero-order valence-electron chi connectivity index (χ0n) is 9.58. The van der Waals surface area contributed by atoms with Gasteiger partial charge in [0.15, 0.2) is 0 Å². The fourth-order valence-corrected chi connectivity index (χ4v) is 1.03. The summed E-state index contributed by atoms with van der Waals surface area (Å²) < 4.78 is 9.40. The molecule has 0 aliphatic heterocycles. The van der Waals surface area contributed by atoms with Gasteiger partial charge in [0.2, 0.25) is 6.79 Å². The van der Waals surface area contributed by atoms with Crippen LogP contribution in [0, 0.1) is 0 Å².